The van der Waals surface area contributed by atoms with Crippen molar-refractivity contribution in [2.45, 2.75) is 32.7 Å². The van der Waals surface area contributed by atoms with Crippen LogP contribution in [0.1, 0.15) is 36.7 Å². The summed E-state index contributed by atoms with van der Waals surface area (Å²) in [5, 5.41) is 6.27. The Balaban J connectivity index is 1.49. The Kier molecular flexibility index (Phi) is 4.43. The van der Waals surface area contributed by atoms with Gasteiger partial charge in [0, 0.05) is 25.8 Å². The predicted molar refractivity (Wildman–Crippen MR) is 82.5 cm³/mol. The third-order valence-electron chi connectivity index (χ3n) is 4.57. The fourth-order valence-corrected chi connectivity index (χ4v) is 3.12. The molecule has 1 amide bonds. The maximum Gasteiger partial charge on any atom is 0.271 e. The van der Waals surface area contributed by atoms with Crippen molar-refractivity contribution < 1.29 is 4.79 Å². The third-order valence-corrected chi connectivity index (χ3v) is 4.57. The summed E-state index contributed by atoms with van der Waals surface area (Å²) in [7, 11) is 0. The van der Waals surface area contributed by atoms with Gasteiger partial charge in [0.15, 0.2) is 0 Å². The Hall–Kier alpha value is -1.56. The van der Waals surface area contributed by atoms with Crippen LogP contribution in [0.5, 0.6) is 0 Å². The molecule has 0 saturated carbocycles. The number of anilines is 1. The number of amides is 1. The molecule has 0 aromatic carbocycles. The lowest BCUT2D eigenvalue weighted by molar-refractivity contribution is 0.0932. The molecule has 2 aliphatic rings. The molecule has 0 bridgehead atoms. The number of piperidine rings is 1. The lowest BCUT2D eigenvalue weighted by atomic mass is 9.97. The maximum atomic E-state index is 12.2. The molecule has 0 radical (unpaired) electrons. The minimum atomic E-state index is -0.0448. The van der Waals surface area contributed by atoms with E-state index in [1.54, 1.807) is 0 Å². The van der Waals surface area contributed by atoms with Crippen molar-refractivity contribution >= 4 is 11.9 Å². The van der Waals surface area contributed by atoms with Gasteiger partial charge in [-0.2, -0.15) is 0 Å². The molecule has 0 unspecified atom stereocenters. The number of rotatable bonds is 4. The molecule has 0 aliphatic carbocycles. The highest BCUT2D eigenvalue weighted by molar-refractivity contribution is 5.92. The van der Waals surface area contributed by atoms with Crippen molar-refractivity contribution in [3.63, 3.8) is 0 Å². The highest BCUT2D eigenvalue weighted by Gasteiger charge is 2.20. The van der Waals surface area contributed by atoms with Crippen LogP contribution in [0.25, 0.3) is 0 Å². The van der Waals surface area contributed by atoms with Crippen LogP contribution in [0.2, 0.25) is 0 Å². The molecule has 1 fully saturated rings. The van der Waals surface area contributed by atoms with Gasteiger partial charge in [-0.1, -0.05) is 6.92 Å². The standard InChI is InChI=1S/C15H25N5O/c1-2-19-8-4-12(5-9-19)10-17-14(21)13-11-20-7-3-6-16-15(20)18-13/h11-12H,2-10H2,1H3,(H,16,18)(H,17,21). The van der Waals surface area contributed by atoms with Crippen LogP contribution in [-0.2, 0) is 6.54 Å². The van der Waals surface area contributed by atoms with E-state index in [1.165, 1.54) is 12.8 Å². The van der Waals surface area contributed by atoms with Gasteiger partial charge >= 0.3 is 0 Å². The fourth-order valence-electron chi connectivity index (χ4n) is 3.12. The van der Waals surface area contributed by atoms with E-state index in [4.69, 9.17) is 0 Å². The molecule has 1 aromatic rings. The first-order valence-electron chi connectivity index (χ1n) is 8.08. The van der Waals surface area contributed by atoms with E-state index < -0.39 is 0 Å². The number of nitrogens with zero attached hydrogens (tertiary/aromatic N) is 3. The third kappa shape index (κ3) is 3.37. The summed E-state index contributed by atoms with van der Waals surface area (Å²) >= 11 is 0. The largest absolute Gasteiger partial charge is 0.356 e. The zero-order valence-corrected chi connectivity index (χ0v) is 12.8. The van der Waals surface area contributed by atoms with Crippen LogP contribution < -0.4 is 10.6 Å². The van der Waals surface area contributed by atoms with Gasteiger partial charge in [0.2, 0.25) is 5.95 Å². The Morgan fingerprint density at radius 1 is 1.43 bits per heavy atom. The number of aromatic nitrogens is 2. The number of hydrogen-bond donors (Lipinski definition) is 2. The summed E-state index contributed by atoms with van der Waals surface area (Å²) in [5.74, 6) is 1.38. The number of carbonyl (C=O) groups is 1. The monoisotopic (exact) mass is 291 g/mol. The summed E-state index contributed by atoms with van der Waals surface area (Å²) in [6.45, 7) is 8.29. The van der Waals surface area contributed by atoms with Crippen LogP contribution in [0.15, 0.2) is 6.20 Å². The summed E-state index contributed by atoms with van der Waals surface area (Å²) in [6, 6.07) is 0. The molecule has 2 N–H and O–H groups in total. The lowest BCUT2D eigenvalue weighted by Crippen LogP contribution is -2.38. The van der Waals surface area contributed by atoms with Crippen LogP contribution in [0.4, 0.5) is 5.95 Å². The smallest absolute Gasteiger partial charge is 0.271 e. The van der Waals surface area contributed by atoms with E-state index in [0.717, 1.165) is 51.6 Å². The van der Waals surface area contributed by atoms with Gasteiger partial charge < -0.3 is 20.1 Å². The van der Waals surface area contributed by atoms with Crippen molar-refractivity contribution in [2.24, 2.45) is 5.92 Å². The molecule has 6 nitrogen and oxygen atoms in total. The van der Waals surface area contributed by atoms with Gasteiger partial charge in [-0.3, -0.25) is 4.79 Å². The first kappa shape index (κ1) is 14.4. The molecular weight excluding hydrogens is 266 g/mol. The Bertz CT molecular complexity index is 467. The average Bonchev–Trinajstić information content (AvgIpc) is 2.97. The minimum Gasteiger partial charge on any atom is -0.356 e. The zero-order valence-electron chi connectivity index (χ0n) is 12.8. The summed E-state index contributed by atoms with van der Waals surface area (Å²) in [6.07, 6.45) is 5.29. The Labute approximate surface area is 125 Å². The molecule has 3 heterocycles. The van der Waals surface area contributed by atoms with Crippen LogP contribution in [-0.4, -0.2) is 53.1 Å². The zero-order chi connectivity index (χ0) is 14.7. The quantitative estimate of drug-likeness (QED) is 0.874. The molecule has 2 aliphatic heterocycles. The van der Waals surface area contributed by atoms with Gasteiger partial charge in [0.1, 0.15) is 5.69 Å². The molecule has 0 spiro atoms. The normalized spacial score (nSPS) is 19.9. The van der Waals surface area contributed by atoms with Gasteiger partial charge in [-0.25, -0.2) is 4.98 Å². The number of fused-ring (bicyclic) bond motifs is 1. The Morgan fingerprint density at radius 3 is 2.95 bits per heavy atom. The van der Waals surface area contributed by atoms with Gasteiger partial charge in [-0.15, -0.1) is 0 Å². The van der Waals surface area contributed by atoms with Crippen molar-refractivity contribution in [3.05, 3.63) is 11.9 Å². The van der Waals surface area contributed by atoms with Crippen molar-refractivity contribution in [1.29, 1.82) is 0 Å². The number of carbonyl (C=O) groups excluding carboxylic acids is 1. The van der Waals surface area contributed by atoms with Crippen LogP contribution in [0, 0.1) is 5.92 Å². The van der Waals surface area contributed by atoms with E-state index in [-0.39, 0.29) is 5.91 Å². The molecule has 1 saturated heterocycles. The summed E-state index contributed by atoms with van der Waals surface area (Å²) in [4.78, 5) is 19.0. The average molecular weight is 291 g/mol. The maximum absolute atomic E-state index is 12.2. The second-order valence-corrected chi connectivity index (χ2v) is 6.01. The van der Waals surface area contributed by atoms with Crippen molar-refractivity contribution in [3.8, 4) is 0 Å². The number of likely N-dealkylation sites (tertiary alicyclic amines) is 1. The molecule has 1 aromatic heterocycles. The van der Waals surface area contributed by atoms with Crippen LogP contribution >= 0.6 is 0 Å². The van der Waals surface area contributed by atoms with E-state index in [1.807, 2.05) is 10.8 Å². The minimum absolute atomic E-state index is 0.0448. The number of imidazole rings is 1. The first-order valence-corrected chi connectivity index (χ1v) is 8.08. The van der Waals surface area contributed by atoms with E-state index in [9.17, 15) is 4.79 Å². The number of hydrogen-bond acceptors (Lipinski definition) is 4. The molecule has 0 atom stereocenters. The fraction of sp³-hybridized carbons (Fsp3) is 0.733. The first-order chi connectivity index (χ1) is 10.3. The lowest BCUT2D eigenvalue weighted by Gasteiger charge is -2.30. The van der Waals surface area contributed by atoms with Crippen molar-refractivity contribution in [2.75, 3.05) is 38.0 Å². The van der Waals surface area contributed by atoms with Gasteiger partial charge in [0.05, 0.1) is 0 Å². The van der Waals surface area contributed by atoms with Gasteiger partial charge in [0.25, 0.3) is 5.91 Å². The van der Waals surface area contributed by atoms with E-state index in [0.29, 0.717) is 11.6 Å². The molecule has 6 heteroatoms. The van der Waals surface area contributed by atoms with Gasteiger partial charge in [-0.05, 0) is 44.8 Å². The molecule has 116 valence electrons. The highest BCUT2D eigenvalue weighted by Crippen LogP contribution is 2.17. The van der Waals surface area contributed by atoms with E-state index in [2.05, 4.69) is 27.4 Å². The number of nitrogens with one attached hydrogen (secondary N) is 2. The Morgan fingerprint density at radius 2 is 2.24 bits per heavy atom. The SMILES string of the molecule is CCN1CCC(CNC(=O)c2cn3c(n2)NCCC3)CC1. The predicted octanol–water partition coefficient (Wildman–Crippen LogP) is 1.16. The van der Waals surface area contributed by atoms with Crippen LogP contribution in [0.3, 0.4) is 0 Å². The summed E-state index contributed by atoms with van der Waals surface area (Å²) < 4.78 is 2.03. The second-order valence-electron chi connectivity index (χ2n) is 6.01. The topological polar surface area (TPSA) is 62.2 Å². The van der Waals surface area contributed by atoms with E-state index >= 15 is 0 Å². The summed E-state index contributed by atoms with van der Waals surface area (Å²) in [5.41, 5.74) is 0.533. The second kappa shape index (κ2) is 6.47. The van der Waals surface area contributed by atoms with Crippen molar-refractivity contribution in [1.82, 2.24) is 19.8 Å². The molecule has 21 heavy (non-hydrogen) atoms. The molecular formula is C15H25N5O. The number of aryl methyl sites for hydroxylation is 1. The molecule has 3 rings (SSSR count). The highest BCUT2D eigenvalue weighted by atomic mass is 16.1.